The summed E-state index contributed by atoms with van der Waals surface area (Å²) >= 11 is 3.26. The lowest BCUT2D eigenvalue weighted by molar-refractivity contribution is -0.141. The lowest BCUT2D eigenvalue weighted by Crippen LogP contribution is -2.12. The van der Waals surface area contributed by atoms with Crippen molar-refractivity contribution in [2.24, 2.45) is 5.92 Å². The van der Waals surface area contributed by atoms with Crippen LogP contribution in [0.5, 0.6) is 5.75 Å². The number of aryl methyl sites for hydroxylation is 1. The zero-order valence-electron chi connectivity index (χ0n) is 8.62. The van der Waals surface area contributed by atoms with Gasteiger partial charge in [-0.1, -0.05) is 19.1 Å². The summed E-state index contributed by atoms with van der Waals surface area (Å²) in [5.74, 6) is -1.21. The van der Waals surface area contributed by atoms with E-state index < -0.39 is 11.9 Å². The van der Waals surface area contributed by atoms with Crippen molar-refractivity contribution in [3.05, 3.63) is 27.7 Å². The van der Waals surface area contributed by atoms with Gasteiger partial charge in [-0.25, -0.2) is 0 Å². The van der Waals surface area contributed by atoms with Crippen LogP contribution in [0.4, 0.5) is 0 Å². The van der Waals surface area contributed by atoms with Crippen LogP contribution in [0, 0.1) is 12.8 Å². The average molecular weight is 273 g/mol. The standard InChI is InChI=1S/C11H13BrO3/c1-6-3-4-8(10(13)9(6)12)5-7(2)11(14)15/h3-4,7,13H,5H2,1-2H3,(H,14,15). The Morgan fingerprint density at radius 3 is 2.67 bits per heavy atom. The van der Waals surface area contributed by atoms with Crippen LogP contribution < -0.4 is 0 Å². The van der Waals surface area contributed by atoms with Crippen molar-refractivity contribution >= 4 is 21.9 Å². The van der Waals surface area contributed by atoms with Gasteiger partial charge in [0.15, 0.2) is 0 Å². The van der Waals surface area contributed by atoms with E-state index in [4.69, 9.17) is 5.11 Å². The second-order valence-corrected chi connectivity index (χ2v) is 4.44. The number of aliphatic carboxylic acids is 1. The normalized spacial score (nSPS) is 12.5. The summed E-state index contributed by atoms with van der Waals surface area (Å²) in [7, 11) is 0. The molecule has 0 amide bonds. The van der Waals surface area contributed by atoms with Gasteiger partial charge in [0, 0.05) is 0 Å². The molecule has 0 fully saturated rings. The number of carboxylic acid groups (broad SMARTS) is 1. The molecule has 1 aromatic rings. The summed E-state index contributed by atoms with van der Waals surface area (Å²) in [6.45, 7) is 3.49. The van der Waals surface area contributed by atoms with Gasteiger partial charge in [-0.05, 0) is 40.4 Å². The zero-order valence-corrected chi connectivity index (χ0v) is 10.2. The van der Waals surface area contributed by atoms with E-state index in [9.17, 15) is 9.90 Å². The molecule has 0 aliphatic heterocycles. The molecule has 0 spiro atoms. The Labute approximate surface area is 96.9 Å². The highest BCUT2D eigenvalue weighted by Gasteiger charge is 2.15. The van der Waals surface area contributed by atoms with Crippen LogP contribution in [0.3, 0.4) is 0 Å². The minimum atomic E-state index is -0.855. The fourth-order valence-electron chi connectivity index (χ4n) is 1.29. The molecule has 2 N–H and O–H groups in total. The van der Waals surface area contributed by atoms with Gasteiger partial charge in [0.1, 0.15) is 5.75 Å². The number of halogens is 1. The molecular formula is C11H13BrO3. The van der Waals surface area contributed by atoms with Crippen LogP contribution in [-0.2, 0) is 11.2 Å². The predicted octanol–water partition coefficient (Wildman–Crippen LogP) is 2.73. The van der Waals surface area contributed by atoms with Crippen LogP contribution >= 0.6 is 15.9 Å². The predicted molar refractivity (Wildman–Crippen MR) is 61.0 cm³/mol. The van der Waals surface area contributed by atoms with Gasteiger partial charge >= 0.3 is 5.97 Å². The first kappa shape index (κ1) is 12.0. The number of phenolic OH excluding ortho intramolecular Hbond substituents is 1. The van der Waals surface area contributed by atoms with Gasteiger partial charge in [0.2, 0.25) is 0 Å². The van der Waals surface area contributed by atoms with E-state index >= 15 is 0 Å². The van der Waals surface area contributed by atoms with Crippen molar-refractivity contribution < 1.29 is 15.0 Å². The highest BCUT2D eigenvalue weighted by molar-refractivity contribution is 9.10. The van der Waals surface area contributed by atoms with Crippen LogP contribution in [-0.4, -0.2) is 16.2 Å². The molecule has 15 heavy (non-hydrogen) atoms. The number of hydrogen-bond acceptors (Lipinski definition) is 2. The number of benzene rings is 1. The fourth-order valence-corrected chi connectivity index (χ4v) is 1.67. The summed E-state index contributed by atoms with van der Waals surface area (Å²) in [6.07, 6.45) is 0.333. The van der Waals surface area contributed by atoms with Gasteiger partial charge < -0.3 is 10.2 Å². The molecule has 1 atom stereocenters. The van der Waals surface area contributed by atoms with Crippen molar-refractivity contribution in [2.75, 3.05) is 0 Å². The van der Waals surface area contributed by atoms with E-state index in [0.29, 0.717) is 16.5 Å². The topological polar surface area (TPSA) is 57.5 Å². The largest absolute Gasteiger partial charge is 0.506 e. The van der Waals surface area contributed by atoms with Gasteiger partial charge in [-0.3, -0.25) is 4.79 Å². The third-order valence-electron chi connectivity index (χ3n) is 2.34. The fraction of sp³-hybridized carbons (Fsp3) is 0.364. The lowest BCUT2D eigenvalue weighted by atomic mass is 9.99. The van der Waals surface area contributed by atoms with Crippen LogP contribution in [0.15, 0.2) is 16.6 Å². The van der Waals surface area contributed by atoms with E-state index in [-0.39, 0.29) is 5.75 Å². The van der Waals surface area contributed by atoms with Crippen molar-refractivity contribution in [1.82, 2.24) is 0 Å². The van der Waals surface area contributed by atoms with E-state index in [1.165, 1.54) is 0 Å². The van der Waals surface area contributed by atoms with E-state index in [2.05, 4.69) is 15.9 Å². The van der Waals surface area contributed by atoms with Crippen LogP contribution in [0.25, 0.3) is 0 Å². The molecule has 0 aromatic heterocycles. The van der Waals surface area contributed by atoms with Gasteiger partial charge in [-0.2, -0.15) is 0 Å². The van der Waals surface area contributed by atoms with Crippen molar-refractivity contribution in [3.8, 4) is 5.75 Å². The number of aromatic hydroxyl groups is 1. The molecule has 82 valence electrons. The van der Waals surface area contributed by atoms with Crippen molar-refractivity contribution in [2.45, 2.75) is 20.3 Å². The Bertz CT molecular complexity index is 388. The molecule has 0 heterocycles. The second-order valence-electron chi connectivity index (χ2n) is 3.65. The third kappa shape index (κ3) is 2.72. The molecule has 0 saturated heterocycles. The first-order chi connectivity index (χ1) is 6.93. The summed E-state index contributed by atoms with van der Waals surface area (Å²) in [6, 6.07) is 3.61. The van der Waals surface area contributed by atoms with E-state index in [0.717, 1.165) is 5.56 Å². The minimum Gasteiger partial charge on any atom is -0.506 e. The number of carboxylic acids is 1. The Kier molecular flexibility index (Phi) is 3.74. The Morgan fingerprint density at radius 1 is 1.53 bits per heavy atom. The molecule has 0 bridgehead atoms. The number of hydrogen-bond donors (Lipinski definition) is 2. The zero-order chi connectivity index (χ0) is 11.6. The maximum Gasteiger partial charge on any atom is 0.306 e. The molecule has 1 rings (SSSR count). The quantitative estimate of drug-likeness (QED) is 0.890. The second kappa shape index (κ2) is 4.66. The first-order valence-corrected chi connectivity index (χ1v) is 5.42. The monoisotopic (exact) mass is 272 g/mol. The van der Waals surface area contributed by atoms with E-state index in [1.807, 2.05) is 13.0 Å². The molecule has 3 nitrogen and oxygen atoms in total. The molecule has 1 aromatic carbocycles. The van der Waals surface area contributed by atoms with Gasteiger partial charge in [0.25, 0.3) is 0 Å². The SMILES string of the molecule is Cc1ccc(CC(C)C(=O)O)c(O)c1Br. The maximum atomic E-state index is 10.7. The average Bonchev–Trinajstić information content (AvgIpc) is 2.18. The molecule has 0 radical (unpaired) electrons. The molecule has 0 saturated carbocycles. The molecule has 4 heteroatoms. The van der Waals surface area contributed by atoms with Crippen LogP contribution in [0.1, 0.15) is 18.1 Å². The Balaban J connectivity index is 2.97. The lowest BCUT2D eigenvalue weighted by Gasteiger charge is -2.10. The summed E-state index contributed by atoms with van der Waals surface area (Å²) in [5, 5.41) is 18.5. The number of rotatable bonds is 3. The first-order valence-electron chi connectivity index (χ1n) is 4.63. The smallest absolute Gasteiger partial charge is 0.306 e. The van der Waals surface area contributed by atoms with Crippen molar-refractivity contribution in [3.63, 3.8) is 0 Å². The summed E-state index contributed by atoms with van der Waals surface area (Å²) < 4.78 is 0.637. The molecule has 1 unspecified atom stereocenters. The maximum absolute atomic E-state index is 10.7. The number of phenols is 1. The molecule has 0 aliphatic carbocycles. The van der Waals surface area contributed by atoms with Gasteiger partial charge in [0.05, 0.1) is 10.4 Å². The summed E-state index contributed by atoms with van der Waals surface area (Å²) in [4.78, 5) is 10.7. The van der Waals surface area contributed by atoms with E-state index in [1.54, 1.807) is 13.0 Å². The highest BCUT2D eigenvalue weighted by atomic mass is 79.9. The minimum absolute atomic E-state index is 0.142. The van der Waals surface area contributed by atoms with Gasteiger partial charge in [-0.15, -0.1) is 0 Å². The Hall–Kier alpha value is -1.03. The molecule has 0 aliphatic rings. The van der Waals surface area contributed by atoms with Crippen molar-refractivity contribution in [1.29, 1.82) is 0 Å². The van der Waals surface area contributed by atoms with Crippen LogP contribution in [0.2, 0.25) is 0 Å². The highest BCUT2D eigenvalue weighted by Crippen LogP contribution is 2.32. The third-order valence-corrected chi connectivity index (χ3v) is 3.34. The summed E-state index contributed by atoms with van der Waals surface area (Å²) in [5.41, 5.74) is 1.58. The molecular weight excluding hydrogens is 260 g/mol. The number of carbonyl (C=O) groups is 1. The Morgan fingerprint density at radius 2 is 2.13 bits per heavy atom.